The molecule has 0 saturated carbocycles. The molecule has 1 N–H and O–H groups in total. The molecule has 1 aliphatic rings. The molecule has 0 aromatic heterocycles. The fourth-order valence-corrected chi connectivity index (χ4v) is 3.76. The number of ether oxygens (including phenoxy) is 1. The molecule has 32 heavy (non-hydrogen) atoms. The van der Waals surface area contributed by atoms with Crippen molar-refractivity contribution < 1.29 is 22.7 Å². The summed E-state index contributed by atoms with van der Waals surface area (Å²) in [5.74, 6) is 0.260. The Hall–Kier alpha value is -2.00. The number of nitrogens with one attached hydrogen (secondary N) is 1. The van der Waals surface area contributed by atoms with Crippen molar-refractivity contribution in [2.45, 2.75) is 19.1 Å². The van der Waals surface area contributed by atoms with Gasteiger partial charge in [-0.25, -0.2) is 0 Å². The summed E-state index contributed by atoms with van der Waals surface area (Å²) < 4.78 is 45.5. The van der Waals surface area contributed by atoms with Crippen molar-refractivity contribution in [1.82, 2.24) is 9.80 Å². The Bertz CT molecular complexity index is 918. The van der Waals surface area contributed by atoms with Crippen molar-refractivity contribution in [2.24, 2.45) is 0 Å². The monoisotopic (exact) mass is 489 g/mol. The molecule has 174 valence electrons. The number of anilines is 1. The fraction of sp³-hybridized carbons (Fsp3) is 0.409. The third-order valence-corrected chi connectivity index (χ3v) is 5.86. The van der Waals surface area contributed by atoms with Crippen LogP contribution in [0.3, 0.4) is 0 Å². The zero-order valence-electron chi connectivity index (χ0n) is 17.5. The third-order valence-electron chi connectivity index (χ3n) is 5.37. The lowest BCUT2D eigenvalue weighted by Crippen LogP contribution is -2.53. The molecule has 0 bridgehead atoms. The molecule has 3 rings (SSSR count). The van der Waals surface area contributed by atoms with Crippen LogP contribution in [-0.4, -0.2) is 61.1 Å². The number of hydrogen-bond donors (Lipinski definition) is 1. The van der Waals surface area contributed by atoms with Crippen LogP contribution in [-0.2, 0) is 11.0 Å². The minimum atomic E-state index is -4.61. The van der Waals surface area contributed by atoms with Gasteiger partial charge in [0.1, 0.15) is 12.4 Å². The van der Waals surface area contributed by atoms with Crippen LogP contribution in [0.5, 0.6) is 5.75 Å². The number of amides is 1. The van der Waals surface area contributed by atoms with Crippen LogP contribution in [0.4, 0.5) is 18.9 Å². The topological polar surface area (TPSA) is 44.8 Å². The van der Waals surface area contributed by atoms with Crippen LogP contribution in [0.1, 0.15) is 12.5 Å². The average molecular weight is 490 g/mol. The molecule has 1 heterocycles. The number of nitrogens with zero attached hydrogens (tertiary/aromatic N) is 2. The van der Waals surface area contributed by atoms with Gasteiger partial charge in [0.2, 0.25) is 5.91 Å². The standard InChI is InChI=1S/C22H24Cl2F3N3O2/c1-15(21(31)28-20-7-4-17(24)14-19(20)22(25,26)27)30-10-8-29(9-11-30)12-13-32-18-5-2-16(23)3-6-18/h2-7,14-15H,8-13H2,1H3,(H,28,31). The molecule has 1 amide bonds. The van der Waals surface area contributed by atoms with Crippen molar-refractivity contribution >= 4 is 34.8 Å². The van der Waals surface area contributed by atoms with Crippen molar-refractivity contribution in [2.75, 3.05) is 44.6 Å². The molecule has 2 aromatic carbocycles. The highest BCUT2D eigenvalue weighted by atomic mass is 35.5. The van der Waals surface area contributed by atoms with Gasteiger partial charge < -0.3 is 10.1 Å². The summed E-state index contributed by atoms with van der Waals surface area (Å²) in [6.07, 6.45) is -4.61. The Morgan fingerprint density at radius 2 is 1.69 bits per heavy atom. The van der Waals surface area contributed by atoms with E-state index >= 15 is 0 Å². The van der Waals surface area contributed by atoms with Crippen LogP contribution in [0, 0.1) is 0 Å². The first-order valence-electron chi connectivity index (χ1n) is 10.2. The van der Waals surface area contributed by atoms with E-state index in [4.69, 9.17) is 27.9 Å². The Labute approximate surface area is 195 Å². The number of piperazine rings is 1. The van der Waals surface area contributed by atoms with Gasteiger partial charge in [0.25, 0.3) is 0 Å². The maximum atomic E-state index is 13.3. The zero-order chi connectivity index (χ0) is 23.3. The van der Waals surface area contributed by atoms with Gasteiger partial charge in [-0.2, -0.15) is 13.2 Å². The molecule has 2 aromatic rings. The van der Waals surface area contributed by atoms with Crippen LogP contribution in [0.25, 0.3) is 0 Å². The van der Waals surface area contributed by atoms with Gasteiger partial charge in [-0.15, -0.1) is 0 Å². The van der Waals surface area contributed by atoms with Gasteiger partial charge in [0.15, 0.2) is 0 Å². The first kappa shape index (κ1) is 24.6. The van der Waals surface area contributed by atoms with E-state index in [0.717, 1.165) is 31.5 Å². The number of alkyl halides is 3. The summed E-state index contributed by atoms with van der Waals surface area (Å²) in [4.78, 5) is 16.8. The van der Waals surface area contributed by atoms with Crippen molar-refractivity contribution in [3.05, 3.63) is 58.1 Å². The fourth-order valence-electron chi connectivity index (χ4n) is 3.46. The zero-order valence-corrected chi connectivity index (χ0v) is 19.0. The van der Waals surface area contributed by atoms with Crippen LogP contribution in [0.15, 0.2) is 42.5 Å². The summed E-state index contributed by atoms with van der Waals surface area (Å²) in [6, 6.07) is 9.90. The Morgan fingerprint density at radius 1 is 1.06 bits per heavy atom. The molecule has 0 aliphatic carbocycles. The number of carbonyl (C=O) groups excluding carboxylic acids is 1. The summed E-state index contributed by atoms with van der Waals surface area (Å²) in [5.41, 5.74) is -1.26. The lowest BCUT2D eigenvalue weighted by molar-refractivity contribution is -0.137. The number of halogens is 5. The predicted octanol–water partition coefficient (Wildman–Crippen LogP) is 5.04. The van der Waals surface area contributed by atoms with E-state index in [1.54, 1.807) is 19.1 Å². The van der Waals surface area contributed by atoms with Gasteiger partial charge in [-0.05, 0) is 49.4 Å². The minimum absolute atomic E-state index is 0.0421. The van der Waals surface area contributed by atoms with E-state index in [0.29, 0.717) is 24.7 Å². The molecule has 1 unspecified atom stereocenters. The molecule has 1 saturated heterocycles. The van der Waals surface area contributed by atoms with E-state index in [-0.39, 0.29) is 10.7 Å². The van der Waals surface area contributed by atoms with Crippen molar-refractivity contribution in [3.63, 3.8) is 0 Å². The molecular weight excluding hydrogens is 466 g/mol. The molecule has 0 radical (unpaired) electrons. The molecular formula is C22H24Cl2F3N3O2. The number of carbonyl (C=O) groups is 1. The Kier molecular flexibility index (Phi) is 8.27. The molecule has 0 spiro atoms. The molecule has 1 aliphatic heterocycles. The normalized spacial score (nSPS) is 16.6. The largest absolute Gasteiger partial charge is 0.492 e. The maximum Gasteiger partial charge on any atom is 0.418 e. The van der Waals surface area contributed by atoms with Crippen molar-refractivity contribution in [3.8, 4) is 5.75 Å². The van der Waals surface area contributed by atoms with Gasteiger partial charge in [0.05, 0.1) is 17.3 Å². The highest BCUT2D eigenvalue weighted by molar-refractivity contribution is 6.31. The first-order valence-corrected chi connectivity index (χ1v) is 10.9. The second-order valence-electron chi connectivity index (χ2n) is 7.53. The summed E-state index contributed by atoms with van der Waals surface area (Å²) >= 11 is 11.6. The van der Waals surface area contributed by atoms with E-state index < -0.39 is 23.7 Å². The van der Waals surface area contributed by atoms with Crippen LogP contribution in [0.2, 0.25) is 10.0 Å². The molecule has 10 heteroatoms. The number of benzene rings is 2. The Morgan fingerprint density at radius 3 is 2.31 bits per heavy atom. The number of rotatable bonds is 7. The van der Waals surface area contributed by atoms with Gasteiger partial charge >= 0.3 is 6.18 Å². The first-order chi connectivity index (χ1) is 15.1. The molecule has 1 atom stereocenters. The minimum Gasteiger partial charge on any atom is -0.492 e. The molecule has 1 fully saturated rings. The van der Waals surface area contributed by atoms with E-state index in [2.05, 4.69) is 10.2 Å². The SMILES string of the molecule is CC(C(=O)Nc1ccc(Cl)cc1C(F)(F)F)N1CCN(CCOc2ccc(Cl)cc2)CC1. The highest BCUT2D eigenvalue weighted by Crippen LogP contribution is 2.36. The van der Waals surface area contributed by atoms with E-state index in [1.807, 2.05) is 17.0 Å². The van der Waals surface area contributed by atoms with Crippen molar-refractivity contribution in [1.29, 1.82) is 0 Å². The van der Waals surface area contributed by atoms with E-state index in [1.165, 1.54) is 12.1 Å². The molecule has 5 nitrogen and oxygen atoms in total. The summed E-state index contributed by atoms with van der Waals surface area (Å²) in [5, 5.41) is 3.01. The predicted molar refractivity (Wildman–Crippen MR) is 120 cm³/mol. The quantitative estimate of drug-likeness (QED) is 0.591. The Balaban J connectivity index is 1.47. The third kappa shape index (κ3) is 6.75. The van der Waals surface area contributed by atoms with Gasteiger partial charge in [-0.1, -0.05) is 23.2 Å². The second-order valence-corrected chi connectivity index (χ2v) is 8.41. The van der Waals surface area contributed by atoms with Gasteiger partial charge in [-0.3, -0.25) is 14.6 Å². The van der Waals surface area contributed by atoms with Crippen LogP contribution < -0.4 is 10.1 Å². The lowest BCUT2D eigenvalue weighted by Gasteiger charge is -2.37. The highest BCUT2D eigenvalue weighted by Gasteiger charge is 2.35. The summed E-state index contributed by atoms with van der Waals surface area (Å²) in [7, 11) is 0. The lowest BCUT2D eigenvalue weighted by atomic mass is 10.1. The smallest absolute Gasteiger partial charge is 0.418 e. The van der Waals surface area contributed by atoms with Gasteiger partial charge in [0, 0.05) is 42.8 Å². The van der Waals surface area contributed by atoms with Crippen LogP contribution >= 0.6 is 23.2 Å². The summed E-state index contributed by atoms with van der Waals surface area (Å²) in [6.45, 7) is 5.67. The maximum absolute atomic E-state index is 13.3. The second kappa shape index (κ2) is 10.7. The average Bonchev–Trinajstić information content (AvgIpc) is 2.75. The number of hydrogen-bond acceptors (Lipinski definition) is 4. The van der Waals surface area contributed by atoms with E-state index in [9.17, 15) is 18.0 Å².